The van der Waals surface area contributed by atoms with E-state index in [2.05, 4.69) is 11.1 Å². The smallest absolute Gasteiger partial charge is 0.0967 e. The first-order valence-electron chi connectivity index (χ1n) is 6.67. The van der Waals surface area contributed by atoms with Gasteiger partial charge >= 0.3 is 0 Å². The van der Waals surface area contributed by atoms with E-state index in [1.165, 1.54) is 4.70 Å². The molecule has 4 heteroatoms. The maximum atomic E-state index is 10.8. The first-order chi connectivity index (χ1) is 8.96. The minimum absolute atomic E-state index is 0.246. The number of hydrogen-bond acceptors (Lipinski definition) is 4. The summed E-state index contributed by atoms with van der Waals surface area (Å²) in [5.41, 5.74) is 0.0941. The van der Waals surface area contributed by atoms with Crippen LogP contribution in [-0.4, -0.2) is 27.9 Å². The van der Waals surface area contributed by atoms with Crippen LogP contribution in [0, 0.1) is 0 Å². The molecule has 3 nitrogen and oxygen atoms in total. The second-order valence-corrected chi connectivity index (χ2v) is 7.13. The highest BCUT2D eigenvalue weighted by atomic mass is 32.1. The molecule has 2 heterocycles. The minimum Gasteiger partial charge on any atom is -0.389 e. The van der Waals surface area contributed by atoms with Gasteiger partial charge in [0.2, 0.25) is 0 Å². The summed E-state index contributed by atoms with van der Waals surface area (Å²) in [5, 5.41) is 11.8. The highest BCUT2D eigenvalue weighted by Crippen LogP contribution is 2.35. The Balaban J connectivity index is 1.83. The number of ether oxygens (including phenoxy) is 1. The van der Waals surface area contributed by atoms with Crippen molar-refractivity contribution in [3.05, 3.63) is 29.3 Å². The van der Waals surface area contributed by atoms with Crippen LogP contribution in [0.4, 0.5) is 0 Å². The van der Waals surface area contributed by atoms with Gasteiger partial charge in [0.05, 0.1) is 33.0 Å². The van der Waals surface area contributed by atoms with Crippen LogP contribution in [0.3, 0.4) is 0 Å². The molecule has 2 aromatic rings. The Hall–Kier alpha value is -0.970. The maximum absolute atomic E-state index is 10.8. The number of fused-ring (bicyclic) bond motifs is 1. The predicted octanol–water partition coefficient (Wildman–Crippen LogP) is 3.16. The number of thiazole rings is 1. The van der Waals surface area contributed by atoms with Crippen molar-refractivity contribution in [3.63, 3.8) is 0 Å². The van der Waals surface area contributed by atoms with Gasteiger partial charge in [0.1, 0.15) is 0 Å². The van der Waals surface area contributed by atoms with Gasteiger partial charge in [0.15, 0.2) is 0 Å². The van der Waals surface area contributed by atoms with Crippen molar-refractivity contribution < 1.29 is 9.84 Å². The lowest BCUT2D eigenvalue weighted by atomic mass is 9.82. The number of rotatable bonds is 2. The van der Waals surface area contributed by atoms with Gasteiger partial charge in [0.25, 0.3) is 0 Å². The molecular weight excluding hydrogens is 258 g/mol. The summed E-state index contributed by atoms with van der Waals surface area (Å²) in [7, 11) is 0. The molecular formula is C15H19NO2S. The first kappa shape index (κ1) is 13.0. The summed E-state index contributed by atoms with van der Waals surface area (Å²) in [6, 6.07) is 8.12. The van der Waals surface area contributed by atoms with Gasteiger partial charge in [-0.1, -0.05) is 12.1 Å². The fourth-order valence-corrected chi connectivity index (χ4v) is 3.98. The SMILES string of the molecule is CC1(C)CC(O)(Cc2nc3ccccc3s2)CCO1. The van der Waals surface area contributed by atoms with Crippen molar-refractivity contribution in [1.82, 2.24) is 4.98 Å². The molecule has 1 aliphatic heterocycles. The molecule has 1 aliphatic rings. The molecule has 0 radical (unpaired) electrons. The Labute approximate surface area is 117 Å². The van der Waals surface area contributed by atoms with Crippen molar-refractivity contribution in [2.75, 3.05) is 6.61 Å². The van der Waals surface area contributed by atoms with Crippen LogP contribution in [0.1, 0.15) is 31.7 Å². The zero-order valence-electron chi connectivity index (χ0n) is 11.3. The summed E-state index contributed by atoms with van der Waals surface area (Å²) < 4.78 is 6.87. The highest BCUT2D eigenvalue weighted by Gasteiger charge is 2.39. The van der Waals surface area contributed by atoms with E-state index in [0.717, 1.165) is 10.5 Å². The highest BCUT2D eigenvalue weighted by molar-refractivity contribution is 7.18. The molecule has 19 heavy (non-hydrogen) atoms. The van der Waals surface area contributed by atoms with Crippen LogP contribution in [0.2, 0.25) is 0 Å². The molecule has 0 amide bonds. The maximum Gasteiger partial charge on any atom is 0.0967 e. The van der Waals surface area contributed by atoms with E-state index in [-0.39, 0.29) is 5.60 Å². The Bertz CT molecular complexity index is 560. The summed E-state index contributed by atoms with van der Waals surface area (Å²) in [4.78, 5) is 4.62. The number of benzene rings is 1. The average molecular weight is 277 g/mol. The van der Waals surface area contributed by atoms with E-state index >= 15 is 0 Å². The van der Waals surface area contributed by atoms with E-state index in [4.69, 9.17) is 4.74 Å². The van der Waals surface area contributed by atoms with Crippen molar-refractivity contribution in [1.29, 1.82) is 0 Å². The third kappa shape index (κ3) is 2.81. The van der Waals surface area contributed by atoms with Crippen LogP contribution >= 0.6 is 11.3 Å². The van der Waals surface area contributed by atoms with Crippen LogP contribution in [0.5, 0.6) is 0 Å². The van der Waals surface area contributed by atoms with Gasteiger partial charge in [-0.05, 0) is 26.0 Å². The molecule has 1 atom stereocenters. The monoisotopic (exact) mass is 277 g/mol. The Morgan fingerprint density at radius 1 is 1.37 bits per heavy atom. The third-order valence-corrected chi connectivity index (χ3v) is 4.67. The summed E-state index contributed by atoms with van der Waals surface area (Å²) in [6.45, 7) is 4.69. The van der Waals surface area contributed by atoms with Crippen molar-refractivity contribution >= 4 is 21.6 Å². The lowest BCUT2D eigenvalue weighted by Crippen LogP contribution is -2.47. The predicted molar refractivity (Wildman–Crippen MR) is 77.5 cm³/mol. The Morgan fingerprint density at radius 3 is 2.89 bits per heavy atom. The van der Waals surface area contributed by atoms with Crippen LogP contribution in [0.25, 0.3) is 10.2 Å². The largest absolute Gasteiger partial charge is 0.389 e. The van der Waals surface area contributed by atoms with Gasteiger partial charge in [-0.15, -0.1) is 11.3 Å². The quantitative estimate of drug-likeness (QED) is 0.917. The molecule has 0 bridgehead atoms. The zero-order chi connectivity index (χ0) is 13.5. The standard InChI is InChI=1S/C15H19NO2S/c1-14(2)10-15(17,7-8-18-14)9-13-16-11-5-3-4-6-12(11)19-13/h3-6,17H,7-10H2,1-2H3. The number of para-hydroxylation sites is 1. The minimum atomic E-state index is -0.685. The van der Waals surface area contributed by atoms with E-state index < -0.39 is 5.60 Å². The topological polar surface area (TPSA) is 42.4 Å². The molecule has 0 saturated carbocycles. The van der Waals surface area contributed by atoms with Crippen molar-refractivity contribution in [2.45, 2.75) is 44.3 Å². The number of nitrogens with zero attached hydrogens (tertiary/aromatic N) is 1. The number of hydrogen-bond donors (Lipinski definition) is 1. The van der Waals surface area contributed by atoms with Gasteiger partial charge < -0.3 is 9.84 Å². The lowest BCUT2D eigenvalue weighted by Gasteiger charge is -2.41. The molecule has 1 saturated heterocycles. The fraction of sp³-hybridized carbons (Fsp3) is 0.533. The van der Waals surface area contributed by atoms with E-state index in [0.29, 0.717) is 25.9 Å². The molecule has 1 unspecified atom stereocenters. The Kier molecular flexibility index (Phi) is 3.12. The van der Waals surface area contributed by atoms with Crippen LogP contribution < -0.4 is 0 Å². The molecule has 102 valence electrons. The number of aliphatic hydroxyl groups is 1. The summed E-state index contributed by atoms with van der Waals surface area (Å²) in [5.74, 6) is 0. The molecule has 0 aliphatic carbocycles. The van der Waals surface area contributed by atoms with E-state index in [1.807, 2.05) is 32.0 Å². The average Bonchev–Trinajstić information content (AvgIpc) is 2.67. The van der Waals surface area contributed by atoms with E-state index in [9.17, 15) is 5.11 Å². The van der Waals surface area contributed by atoms with Gasteiger partial charge in [-0.2, -0.15) is 0 Å². The summed E-state index contributed by atoms with van der Waals surface area (Å²) >= 11 is 1.68. The third-order valence-electron chi connectivity index (χ3n) is 3.63. The summed E-state index contributed by atoms with van der Waals surface area (Å²) in [6.07, 6.45) is 1.97. The molecule has 1 N–H and O–H groups in total. The lowest BCUT2D eigenvalue weighted by molar-refractivity contribution is -0.143. The molecule has 3 rings (SSSR count). The second-order valence-electron chi connectivity index (χ2n) is 6.01. The first-order valence-corrected chi connectivity index (χ1v) is 7.48. The normalized spacial score (nSPS) is 26.7. The molecule has 1 fully saturated rings. The zero-order valence-corrected chi connectivity index (χ0v) is 12.2. The van der Waals surface area contributed by atoms with Crippen LogP contribution in [-0.2, 0) is 11.2 Å². The van der Waals surface area contributed by atoms with Gasteiger partial charge in [-0.25, -0.2) is 4.98 Å². The van der Waals surface area contributed by atoms with Gasteiger partial charge in [0, 0.05) is 19.3 Å². The number of aromatic nitrogens is 1. The van der Waals surface area contributed by atoms with Crippen molar-refractivity contribution in [3.8, 4) is 0 Å². The van der Waals surface area contributed by atoms with Crippen molar-refractivity contribution in [2.24, 2.45) is 0 Å². The Morgan fingerprint density at radius 2 is 2.16 bits per heavy atom. The van der Waals surface area contributed by atoms with Crippen LogP contribution in [0.15, 0.2) is 24.3 Å². The molecule has 1 aromatic carbocycles. The van der Waals surface area contributed by atoms with Gasteiger partial charge in [-0.3, -0.25) is 0 Å². The molecule has 0 spiro atoms. The van der Waals surface area contributed by atoms with E-state index in [1.54, 1.807) is 11.3 Å². The molecule has 1 aromatic heterocycles. The fourth-order valence-electron chi connectivity index (χ4n) is 2.88. The second kappa shape index (κ2) is 4.54.